The van der Waals surface area contributed by atoms with E-state index in [-0.39, 0.29) is 0 Å². The van der Waals surface area contributed by atoms with Gasteiger partial charge in [0.1, 0.15) is 5.75 Å². The molecule has 3 aromatic rings. The number of ether oxygens (including phenoxy) is 1. The van der Waals surface area contributed by atoms with Crippen LogP contribution in [0.4, 0.5) is 5.82 Å². The quantitative estimate of drug-likeness (QED) is 0.789. The van der Waals surface area contributed by atoms with E-state index in [1.165, 1.54) is 0 Å². The molecule has 2 aromatic heterocycles. The van der Waals surface area contributed by atoms with E-state index in [0.29, 0.717) is 11.6 Å². The number of methoxy groups -OCH3 is 1. The minimum atomic E-state index is 0.343. The van der Waals surface area contributed by atoms with Gasteiger partial charge in [0.15, 0.2) is 11.6 Å². The van der Waals surface area contributed by atoms with E-state index in [4.69, 9.17) is 15.0 Å². The van der Waals surface area contributed by atoms with E-state index in [1.54, 1.807) is 19.5 Å². The normalized spacial score (nSPS) is 10.4. The molecule has 2 N–H and O–H groups in total. The summed E-state index contributed by atoms with van der Waals surface area (Å²) in [5.74, 6) is 1.69. The number of anilines is 1. The Morgan fingerprint density at radius 3 is 2.75 bits per heavy atom. The van der Waals surface area contributed by atoms with Crippen molar-refractivity contribution < 1.29 is 9.26 Å². The predicted octanol–water partition coefficient (Wildman–Crippen LogP) is 2.99. The van der Waals surface area contributed by atoms with E-state index in [9.17, 15) is 0 Å². The smallest absolute Gasteiger partial charge is 0.177 e. The summed E-state index contributed by atoms with van der Waals surface area (Å²) in [7, 11) is 1.62. The number of rotatable bonds is 3. The van der Waals surface area contributed by atoms with Gasteiger partial charge in [-0.3, -0.25) is 4.98 Å². The first kappa shape index (κ1) is 12.2. The minimum absolute atomic E-state index is 0.343. The van der Waals surface area contributed by atoms with Crippen molar-refractivity contribution in [3.8, 4) is 28.2 Å². The van der Waals surface area contributed by atoms with Crippen LogP contribution >= 0.6 is 0 Å². The molecule has 5 nitrogen and oxygen atoms in total. The van der Waals surface area contributed by atoms with Gasteiger partial charge in [0.2, 0.25) is 0 Å². The monoisotopic (exact) mass is 267 g/mol. The van der Waals surface area contributed by atoms with Gasteiger partial charge in [-0.1, -0.05) is 23.4 Å². The van der Waals surface area contributed by atoms with E-state index in [1.807, 2.05) is 36.4 Å². The Kier molecular flexibility index (Phi) is 3.09. The maximum absolute atomic E-state index is 5.92. The molecule has 0 unspecified atom stereocenters. The number of aromatic nitrogens is 2. The molecule has 0 aliphatic carbocycles. The van der Waals surface area contributed by atoms with Crippen molar-refractivity contribution in [1.82, 2.24) is 10.1 Å². The first-order chi connectivity index (χ1) is 9.79. The number of benzene rings is 1. The molecule has 0 aliphatic rings. The molecule has 0 radical (unpaired) electrons. The van der Waals surface area contributed by atoms with Gasteiger partial charge in [0, 0.05) is 23.5 Å². The SMILES string of the molecule is COc1cccc(-c2onc(N)c2-c2cccnc2)c1. The first-order valence-corrected chi connectivity index (χ1v) is 6.09. The highest BCUT2D eigenvalue weighted by Crippen LogP contribution is 2.37. The lowest BCUT2D eigenvalue weighted by Crippen LogP contribution is -1.89. The van der Waals surface area contributed by atoms with Crippen LogP contribution in [0.1, 0.15) is 0 Å². The molecule has 0 aliphatic heterocycles. The zero-order valence-electron chi connectivity index (χ0n) is 10.9. The molecular formula is C15H13N3O2. The maximum Gasteiger partial charge on any atom is 0.177 e. The number of hydrogen-bond donors (Lipinski definition) is 1. The van der Waals surface area contributed by atoms with Gasteiger partial charge in [-0.05, 0) is 18.2 Å². The number of nitrogens with two attached hydrogens (primary N) is 1. The van der Waals surface area contributed by atoms with Gasteiger partial charge in [0.05, 0.1) is 12.7 Å². The van der Waals surface area contributed by atoms with Crippen molar-refractivity contribution in [2.24, 2.45) is 0 Å². The van der Waals surface area contributed by atoms with Crippen LogP contribution < -0.4 is 10.5 Å². The molecule has 1 aromatic carbocycles. The molecule has 0 saturated heterocycles. The fraction of sp³-hybridized carbons (Fsp3) is 0.0667. The maximum atomic E-state index is 5.92. The van der Waals surface area contributed by atoms with E-state index in [2.05, 4.69) is 10.1 Å². The molecule has 0 saturated carbocycles. The second-order valence-electron chi connectivity index (χ2n) is 4.25. The van der Waals surface area contributed by atoms with Gasteiger partial charge in [-0.2, -0.15) is 0 Å². The van der Waals surface area contributed by atoms with E-state index < -0.39 is 0 Å². The summed E-state index contributed by atoms with van der Waals surface area (Å²) in [5, 5.41) is 3.86. The van der Waals surface area contributed by atoms with Crippen LogP contribution in [0.25, 0.3) is 22.5 Å². The highest BCUT2D eigenvalue weighted by molar-refractivity contribution is 5.86. The Balaban J connectivity index is 2.16. The number of nitrogen functional groups attached to an aromatic ring is 1. The lowest BCUT2D eigenvalue weighted by molar-refractivity contribution is 0.413. The van der Waals surface area contributed by atoms with Crippen molar-refractivity contribution in [3.05, 3.63) is 48.8 Å². The van der Waals surface area contributed by atoms with Gasteiger partial charge in [-0.15, -0.1) is 0 Å². The standard InChI is InChI=1S/C15H13N3O2/c1-19-12-6-2-4-10(8-12)14-13(15(16)18-20-14)11-5-3-7-17-9-11/h2-9H,1H3,(H2,16,18). The average molecular weight is 267 g/mol. The molecule has 0 atom stereocenters. The van der Waals surface area contributed by atoms with Gasteiger partial charge >= 0.3 is 0 Å². The van der Waals surface area contributed by atoms with Crippen LogP contribution in [0.2, 0.25) is 0 Å². The summed E-state index contributed by atoms with van der Waals surface area (Å²) in [6, 6.07) is 11.3. The van der Waals surface area contributed by atoms with Crippen LogP contribution in [0.5, 0.6) is 5.75 Å². The molecular weight excluding hydrogens is 254 g/mol. The van der Waals surface area contributed by atoms with Gasteiger partial charge in [-0.25, -0.2) is 0 Å². The van der Waals surface area contributed by atoms with Crippen LogP contribution in [0.3, 0.4) is 0 Å². The van der Waals surface area contributed by atoms with Crippen LogP contribution in [-0.2, 0) is 0 Å². The summed E-state index contributed by atoms with van der Waals surface area (Å²) in [6.45, 7) is 0. The van der Waals surface area contributed by atoms with E-state index in [0.717, 1.165) is 22.4 Å². The molecule has 0 bridgehead atoms. The summed E-state index contributed by atoms with van der Waals surface area (Å²) >= 11 is 0. The largest absolute Gasteiger partial charge is 0.497 e. The second kappa shape index (κ2) is 5.05. The Hall–Kier alpha value is -2.82. The topological polar surface area (TPSA) is 74.2 Å². The highest BCUT2D eigenvalue weighted by Gasteiger charge is 2.18. The summed E-state index contributed by atoms with van der Waals surface area (Å²) in [4.78, 5) is 4.10. The molecule has 5 heteroatoms. The van der Waals surface area contributed by atoms with Crippen molar-refractivity contribution >= 4 is 5.82 Å². The third-order valence-corrected chi connectivity index (χ3v) is 3.00. The molecule has 0 amide bonds. The zero-order chi connectivity index (χ0) is 13.9. The molecule has 3 rings (SSSR count). The number of hydrogen-bond acceptors (Lipinski definition) is 5. The van der Waals surface area contributed by atoms with Crippen molar-refractivity contribution in [2.45, 2.75) is 0 Å². The molecule has 0 fully saturated rings. The zero-order valence-corrected chi connectivity index (χ0v) is 10.9. The lowest BCUT2D eigenvalue weighted by Gasteiger charge is -2.04. The number of nitrogens with zero attached hydrogens (tertiary/aromatic N) is 2. The fourth-order valence-corrected chi connectivity index (χ4v) is 2.05. The summed E-state index contributed by atoms with van der Waals surface area (Å²) in [5.41, 5.74) is 8.38. The van der Waals surface area contributed by atoms with Crippen LogP contribution in [0.15, 0.2) is 53.3 Å². The third-order valence-electron chi connectivity index (χ3n) is 3.00. The Morgan fingerprint density at radius 2 is 2.00 bits per heavy atom. The number of pyridine rings is 1. The van der Waals surface area contributed by atoms with E-state index >= 15 is 0 Å². The average Bonchev–Trinajstić information content (AvgIpc) is 2.90. The molecule has 0 spiro atoms. The second-order valence-corrected chi connectivity index (χ2v) is 4.25. The third kappa shape index (κ3) is 2.09. The Bertz CT molecular complexity index is 723. The fourth-order valence-electron chi connectivity index (χ4n) is 2.05. The van der Waals surface area contributed by atoms with Crippen molar-refractivity contribution in [2.75, 3.05) is 12.8 Å². The van der Waals surface area contributed by atoms with Crippen LogP contribution in [-0.4, -0.2) is 17.3 Å². The van der Waals surface area contributed by atoms with Crippen molar-refractivity contribution in [1.29, 1.82) is 0 Å². The summed E-state index contributed by atoms with van der Waals surface area (Å²) in [6.07, 6.45) is 3.44. The summed E-state index contributed by atoms with van der Waals surface area (Å²) < 4.78 is 10.6. The molecule has 100 valence electrons. The van der Waals surface area contributed by atoms with Crippen molar-refractivity contribution in [3.63, 3.8) is 0 Å². The Labute approximate surface area is 116 Å². The lowest BCUT2D eigenvalue weighted by atomic mass is 10.0. The molecule has 2 heterocycles. The highest BCUT2D eigenvalue weighted by atomic mass is 16.5. The van der Waals surface area contributed by atoms with Gasteiger partial charge in [0.25, 0.3) is 0 Å². The first-order valence-electron chi connectivity index (χ1n) is 6.09. The van der Waals surface area contributed by atoms with Gasteiger partial charge < -0.3 is 15.0 Å². The van der Waals surface area contributed by atoms with Crippen LogP contribution in [0, 0.1) is 0 Å². The predicted molar refractivity (Wildman–Crippen MR) is 76.1 cm³/mol. The Morgan fingerprint density at radius 1 is 1.15 bits per heavy atom. The minimum Gasteiger partial charge on any atom is -0.497 e. The molecule has 20 heavy (non-hydrogen) atoms.